The van der Waals surface area contributed by atoms with Crippen LogP contribution in [-0.4, -0.2) is 29.1 Å². The molecule has 0 aromatic carbocycles. The van der Waals surface area contributed by atoms with E-state index >= 15 is 0 Å². The normalized spacial score (nSPS) is 18.1. The fourth-order valence-electron chi connectivity index (χ4n) is 1.66. The SMILES string of the molecule is CN(C1CC1)C(C(=O)O)c1cc(Br)cs1. The van der Waals surface area contributed by atoms with E-state index in [-0.39, 0.29) is 0 Å². The minimum Gasteiger partial charge on any atom is -0.480 e. The summed E-state index contributed by atoms with van der Waals surface area (Å²) in [5.74, 6) is -0.765. The number of halogens is 1. The zero-order chi connectivity index (χ0) is 11.0. The van der Waals surface area contributed by atoms with Crippen molar-refractivity contribution in [3.63, 3.8) is 0 Å². The van der Waals surface area contributed by atoms with Crippen molar-refractivity contribution in [2.45, 2.75) is 24.9 Å². The molecular formula is C10H12BrNO2S. The van der Waals surface area contributed by atoms with Crippen LogP contribution in [0.25, 0.3) is 0 Å². The Kier molecular flexibility index (Phi) is 3.13. The molecule has 1 N–H and O–H groups in total. The number of nitrogens with zero attached hydrogens (tertiary/aromatic N) is 1. The van der Waals surface area contributed by atoms with Gasteiger partial charge >= 0.3 is 5.97 Å². The summed E-state index contributed by atoms with van der Waals surface area (Å²) < 4.78 is 0.956. The summed E-state index contributed by atoms with van der Waals surface area (Å²) in [5, 5.41) is 11.2. The largest absolute Gasteiger partial charge is 0.480 e. The van der Waals surface area contributed by atoms with Crippen molar-refractivity contribution in [2.24, 2.45) is 0 Å². The van der Waals surface area contributed by atoms with E-state index in [1.54, 1.807) is 0 Å². The second-order valence-corrected chi connectivity index (χ2v) is 5.66. The van der Waals surface area contributed by atoms with E-state index in [4.69, 9.17) is 0 Å². The fraction of sp³-hybridized carbons (Fsp3) is 0.500. The third-order valence-electron chi connectivity index (χ3n) is 2.62. The topological polar surface area (TPSA) is 40.5 Å². The molecule has 1 heterocycles. The van der Waals surface area contributed by atoms with Crippen LogP contribution in [0.3, 0.4) is 0 Å². The molecule has 1 aromatic rings. The zero-order valence-electron chi connectivity index (χ0n) is 8.31. The first-order valence-electron chi connectivity index (χ1n) is 4.78. The highest BCUT2D eigenvalue weighted by Crippen LogP contribution is 2.36. The van der Waals surface area contributed by atoms with E-state index in [1.165, 1.54) is 11.3 Å². The van der Waals surface area contributed by atoms with Gasteiger partial charge in [-0.3, -0.25) is 9.69 Å². The molecular weight excluding hydrogens is 278 g/mol. The Labute approximate surface area is 101 Å². The molecule has 5 heteroatoms. The smallest absolute Gasteiger partial charge is 0.326 e. The Morgan fingerprint density at radius 3 is 2.80 bits per heavy atom. The van der Waals surface area contributed by atoms with Crippen LogP contribution in [-0.2, 0) is 4.79 Å². The second kappa shape index (κ2) is 4.23. The number of carboxylic acids is 1. The summed E-state index contributed by atoms with van der Waals surface area (Å²) in [5.41, 5.74) is 0. The third kappa shape index (κ3) is 2.41. The summed E-state index contributed by atoms with van der Waals surface area (Å²) in [6.07, 6.45) is 2.24. The first-order valence-corrected chi connectivity index (χ1v) is 6.45. The first kappa shape index (κ1) is 11.1. The molecule has 15 heavy (non-hydrogen) atoms. The molecule has 3 nitrogen and oxygen atoms in total. The molecule has 1 atom stereocenters. The summed E-state index contributed by atoms with van der Waals surface area (Å²) in [6, 6.07) is 1.85. The highest BCUT2D eigenvalue weighted by molar-refractivity contribution is 9.10. The molecule has 0 spiro atoms. The van der Waals surface area contributed by atoms with Crippen LogP contribution < -0.4 is 0 Å². The van der Waals surface area contributed by atoms with Crippen LogP contribution in [0, 0.1) is 0 Å². The molecule has 1 aliphatic rings. The van der Waals surface area contributed by atoms with Crippen molar-refractivity contribution in [3.05, 3.63) is 20.8 Å². The van der Waals surface area contributed by atoms with Gasteiger partial charge in [-0.25, -0.2) is 0 Å². The maximum atomic E-state index is 11.2. The highest BCUT2D eigenvalue weighted by Gasteiger charge is 2.36. The van der Waals surface area contributed by atoms with Crippen molar-refractivity contribution in [2.75, 3.05) is 7.05 Å². The van der Waals surface area contributed by atoms with Crippen LogP contribution in [0.1, 0.15) is 23.8 Å². The number of hydrogen-bond acceptors (Lipinski definition) is 3. The molecule has 0 bridgehead atoms. The van der Waals surface area contributed by atoms with Gasteiger partial charge in [-0.05, 0) is 41.9 Å². The highest BCUT2D eigenvalue weighted by atomic mass is 79.9. The lowest BCUT2D eigenvalue weighted by atomic mass is 10.2. The van der Waals surface area contributed by atoms with E-state index in [0.29, 0.717) is 6.04 Å². The molecule has 82 valence electrons. The van der Waals surface area contributed by atoms with Gasteiger partial charge in [0.2, 0.25) is 0 Å². The molecule has 0 saturated heterocycles. The molecule has 1 unspecified atom stereocenters. The molecule has 1 aromatic heterocycles. The molecule has 1 aliphatic carbocycles. The maximum Gasteiger partial charge on any atom is 0.326 e. The number of carboxylic acid groups (broad SMARTS) is 1. The lowest BCUT2D eigenvalue weighted by Gasteiger charge is -2.23. The molecule has 2 rings (SSSR count). The summed E-state index contributed by atoms with van der Waals surface area (Å²) in [6.45, 7) is 0. The van der Waals surface area contributed by atoms with Crippen molar-refractivity contribution < 1.29 is 9.90 Å². The van der Waals surface area contributed by atoms with E-state index in [9.17, 15) is 9.90 Å². The van der Waals surface area contributed by atoms with E-state index in [0.717, 1.165) is 22.2 Å². The Morgan fingerprint density at radius 2 is 2.40 bits per heavy atom. The Balaban J connectivity index is 2.22. The zero-order valence-corrected chi connectivity index (χ0v) is 10.7. The second-order valence-electron chi connectivity index (χ2n) is 3.80. The lowest BCUT2D eigenvalue weighted by molar-refractivity contribution is -0.143. The molecule has 0 amide bonds. The van der Waals surface area contributed by atoms with Gasteiger partial charge in [0.15, 0.2) is 0 Å². The summed E-state index contributed by atoms with van der Waals surface area (Å²) >= 11 is 4.84. The molecule has 0 aliphatic heterocycles. The van der Waals surface area contributed by atoms with Crippen molar-refractivity contribution >= 4 is 33.2 Å². The minimum atomic E-state index is -0.765. The number of likely N-dealkylation sites (N-methyl/N-ethyl adjacent to an activating group) is 1. The number of rotatable bonds is 4. The van der Waals surface area contributed by atoms with Crippen molar-refractivity contribution in [1.82, 2.24) is 4.90 Å². The number of carbonyl (C=O) groups is 1. The van der Waals surface area contributed by atoms with Crippen molar-refractivity contribution in [1.29, 1.82) is 0 Å². The predicted molar refractivity (Wildman–Crippen MR) is 63.2 cm³/mol. The van der Waals surface area contributed by atoms with E-state index in [1.807, 2.05) is 23.4 Å². The summed E-state index contributed by atoms with van der Waals surface area (Å²) in [7, 11) is 1.89. The van der Waals surface area contributed by atoms with Gasteiger partial charge in [0.1, 0.15) is 6.04 Å². The van der Waals surface area contributed by atoms with Gasteiger partial charge in [0, 0.05) is 20.8 Å². The fourth-order valence-corrected chi connectivity index (χ4v) is 3.25. The van der Waals surface area contributed by atoms with E-state index < -0.39 is 12.0 Å². The standard InChI is InChI=1S/C10H12BrNO2S/c1-12(7-2-3-7)9(10(13)14)8-4-6(11)5-15-8/h4-5,7,9H,2-3H2,1H3,(H,13,14). The monoisotopic (exact) mass is 289 g/mol. The average Bonchev–Trinajstić information content (AvgIpc) is 2.91. The average molecular weight is 290 g/mol. The van der Waals surface area contributed by atoms with Gasteiger partial charge in [-0.15, -0.1) is 11.3 Å². The van der Waals surface area contributed by atoms with Crippen LogP contribution in [0.5, 0.6) is 0 Å². The van der Waals surface area contributed by atoms with E-state index in [2.05, 4.69) is 15.9 Å². The Morgan fingerprint density at radius 1 is 1.73 bits per heavy atom. The Bertz CT molecular complexity index is 375. The van der Waals surface area contributed by atoms with Crippen LogP contribution in [0.4, 0.5) is 0 Å². The summed E-state index contributed by atoms with van der Waals surface area (Å²) in [4.78, 5) is 14.1. The van der Waals surface area contributed by atoms with Crippen LogP contribution in [0.15, 0.2) is 15.9 Å². The molecule has 0 radical (unpaired) electrons. The van der Waals surface area contributed by atoms with Gasteiger partial charge < -0.3 is 5.11 Å². The van der Waals surface area contributed by atoms with Gasteiger partial charge in [-0.2, -0.15) is 0 Å². The quantitative estimate of drug-likeness (QED) is 0.927. The van der Waals surface area contributed by atoms with Gasteiger partial charge in [0.25, 0.3) is 0 Å². The first-order chi connectivity index (χ1) is 7.09. The van der Waals surface area contributed by atoms with Gasteiger partial charge in [-0.1, -0.05) is 0 Å². The van der Waals surface area contributed by atoms with Crippen LogP contribution in [0.2, 0.25) is 0 Å². The minimum absolute atomic E-state index is 0.451. The number of aliphatic carboxylic acids is 1. The third-order valence-corrected chi connectivity index (χ3v) is 4.37. The molecule has 1 fully saturated rings. The number of thiophene rings is 1. The van der Waals surface area contributed by atoms with Crippen molar-refractivity contribution in [3.8, 4) is 0 Å². The molecule has 1 saturated carbocycles. The Hall–Kier alpha value is -0.390. The predicted octanol–water partition coefficient (Wildman–Crippen LogP) is 2.73. The maximum absolute atomic E-state index is 11.2. The number of hydrogen-bond donors (Lipinski definition) is 1. The lowest BCUT2D eigenvalue weighted by Crippen LogP contribution is -2.31. The van der Waals surface area contributed by atoms with Crippen LogP contribution >= 0.6 is 27.3 Å². The van der Waals surface area contributed by atoms with Gasteiger partial charge in [0.05, 0.1) is 0 Å².